The second kappa shape index (κ2) is 5.95. The Balaban J connectivity index is 2.46. The van der Waals surface area contributed by atoms with Gasteiger partial charge in [-0.1, -0.05) is 0 Å². The maximum Gasteiger partial charge on any atom is 0.265 e. The van der Waals surface area contributed by atoms with E-state index >= 15 is 0 Å². The summed E-state index contributed by atoms with van der Waals surface area (Å²) in [6.45, 7) is 0. The highest BCUT2D eigenvalue weighted by molar-refractivity contribution is 7.92. The molecule has 0 unspecified atom stereocenters. The van der Waals surface area contributed by atoms with Crippen LogP contribution in [0.5, 0.6) is 11.5 Å². The minimum absolute atomic E-state index is 0.0134. The van der Waals surface area contributed by atoms with Gasteiger partial charge in [0.1, 0.15) is 4.90 Å². The molecular formula is C13H9F4NO4S. The number of hydrogen-bond acceptors (Lipinski definition) is 4. The molecule has 0 radical (unpaired) electrons. The number of rotatable bonds is 4. The summed E-state index contributed by atoms with van der Waals surface area (Å²) < 4.78 is 83.2. The number of phenols is 1. The van der Waals surface area contributed by atoms with Crippen LogP contribution in [0.15, 0.2) is 29.2 Å². The highest BCUT2D eigenvalue weighted by atomic mass is 32.2. The molecule has 0 saturated heterocycles. The average molecular weight is 351 g/mol. The maximum absolute atomic E-state index is 13.6. The summed E-state index contributed by atoms with van der Waals surface area (Å²) in [5.41, 5.74) is -0.229. The molecule has 2 aromatic carbocycles. The molecule has 0 aliphatic carbocycles. The van der Waals surface area contributed by atoms with Gasteiger partial charge in [-0.15, -0.1) is 0 Å². The fourth-order valence-corrected chi connectivity index (χ4v) is 2.84. The Bertz CT molecular complexity index is 871. The van der Waals surface area contributed by atoms with Gasteiger partial charge in [-0.25, -0.2) is 26.0 Å². The van der Waals surface area contributed by atoms with Crippen LogP contribution in [0.4, 0.5) is 23.2 Å². The van der Waals surface area contributed by atoms with Crippen LogP contribution in [-0.2, 0) is 10.0 Å². The van der Waals surface area contributed by atoms with E-state index in [4.69, 9.17) is 4.74 Å². The molecule has 0 heterocycles. The summed E-state index contributed by atoms with van der Waals surface area (Å²) in [6, 6.07) is 3.31. The van der Waals surface area contributed by atoms with Gasteiger partial charge in [-0.2, -0.15) is 0 Å². The van der Waals surface area contributed by atoms with Crippen LogP contribution in [0.2, 0.25) is 0 Å². The second-order valence-electron chi connectivity index (χ2n) is 4.29. The van der Waals surface area contributed by atoms with Crippen LogP contribution >= 0.6 is 0 Å². The Kier molecular flexibility index (Phi) is 4.37. The molecule has 0 spiro atoms. The van der Waals surface area contributed by atoms with Crippen molar-refractivity contribution in [3.8, 4) is 11.5 Å². The Morgan fingerprint density at radius 1 is 1.04 bits per heavy atom. The van der Waals surface area contributed by atoms with Crippen LogP contribution in [0, 0.1) is 23.3 Å². The van der Waals surface area contributed by atoms with Crippen molar-refractivity contribution in [3.05, 3.63) is 47.5 Å². The Labute approximate surface area is 128 Å². The summed E-state index contributed by atoms with van der Waals surface area (Å²) in [7, 11) is -3.50. The third-order valence-electron chi connectivity index (χ3n) is 2.79. The van der Waals surface area contributed by atoms with E-state index in [1.165, 1.54) is 13.2 Å². The average Bonchev–Trinajstić information content (AvgIpc) is 2.48. The van der Waals surface area contributed by atoms with Crippen LogP contribution in [0.25, 0.3) is 0 Å². The van der Waals surface area contributed by atoms with Gasteiger partial charge >= 0.3 is 0 Å². The van der Waals surface area contributed by atoms with E-state index in [0.717, 1.165) is 12.1 Å². The number of halogens is 4. The van der Waals surface area contributed by atoms with Crippen molar-refractivity contribution < 1.29 is 35.8 Å². The van der Waals surface area contributed by atoms with Gasteiger partial charge in [0, 0.05) is 12.1 Å². The summed E-state index contributed by atoms with van der Waals surface area (Å²) in [5, 5.41) is 9.53. The second-order valence-corrected chi connectivity index (χ2v) is 5.94. The Morgan fingerprint density at radius 3 is 2.26 bits per heavy atom. The van der Waals surface area contributed by atoms with Gasteiger partial charge in [0.2, 0.25) is 0 Å². The molecule has 23 heavy (non-hydrogen) atoms. The molecule has 2 N–H and O–H groups in total. The Morgan fingerprint density at radius 2 is 1.70 bits per heavy atom. The molecule has 0 atom stereocenters. The maximum atomic E-state index is 13.6. The van der Waals surface area contributed by atoms with Crippen molar-refractivity contribution in [3.63, 3.8) is 0 Å². The van der Waals surface area contributed by atoms with Crippen molar-refractivity contribution in [2.45, 2.75) is 4.90 Å². The molecular weight excluding hydrogens is 342 g/mol. The third-order valence-corrected chi connectivity index (χ3v) is 4.17. The van der Waals surface area contributed by atoms with E-state index < -0.39 is 43.9 Å². The van der Waals surface area contributed by atoms with E-state index in [1.807, 2.05) is 0 Å². The van der Waals surface area contributed by atoms with Gasteiger partial charge in [0.05, 0.1) is 12.8 Å². The van der Waals surface area contributed by atoms with Crippen molar-refractivity contribution in [2.75, 3.05) is 11.8 Å². The molecule has 0 aromatic heterocycles. The lowest BCUT2D eigenvalue weighted by atomic mass is 10.3. The number of aromatic hydroxyl groups is 1. The topological polar surface area (TPSA) is 75.6 Å². The van der Waals surface area contributed by atoms with E-state index in [1.54, 1.807) is 4.72 Å². The number of ether oxygens (including phenoxy) is 1. The van der Waals surface area contributed by atoms with Crippen LogP contribution < -0.4 is 9.46 Å². The number of anilines is 1. The first kappa shape index (κ1) is 16.9. The zero-order chi connectivity index (χ0) is 17.4. The van der Waals surface area contributed by atoms with Gasteiger partial charge in [0.15, 0.2) is 34.8 Å². The Hall–Kier alpha value is -2.49. The summed E-state index contributed by atoms with van der Waals surface area (Å²) in [6.07, 6.45) is 0. The van der Waals surface area contributed by atoms with Gasteiger partial charge < -0.3 is 9.84 Å². The van der Waals surface area contributed by atoms with Gasteiger partial charge in [-0.05, 0) is 12.1 Å². The lowest BCUT2D eigenvalue weighted by Gasteiger charge is -2.11. The first-order valence-corrected chi connectivity index (χ1v) is 7.38. The largest absolute Gasteiger partial charge is 0.504 e. The van der Waals surface area contributed by atoms with Crippen LogP contribution in [0.3, 0.4) is 0 Å². The first-order valence-electron chi connectivity index (χ1n) is 5.90. The molecule has 2 rings (SSSR count). The molecule has 2 aromatic rings. The summed E-state index contributed by atoms with van der Waals surface area (Å²) in [5.74, 6) is -8.68. The first-order chi connectivity index (χ1) is 10.7. The molecule has 0 fully saturated rings. The normalized spacial score (nSPS) is 11.3. The SMILES string of the molecule is COc1ccc(NS(=O)(=O)c2cc(F)c(F)c(F)c2F)cc1O. The van der Waals surface area contributed by atoms with Crippen molar-refractivity contribution in [1.29, 1.82) is 0 Å². The molecule has 0 saturated carbocycles. The van der Waals surface area contributed by atoms with Crippen molar-refractivity contribution in [2.24, 2.45) is 0 Å². The monoisotopic (exact) mass is 351 g/mol. The predicted octanol–water partition coefficient (Wildman–Crippen LogP) is 2.76. The smallest absolute Gasteiger partial charge is 0.265 e. The minimum Gasteiger partial charge on any atom is -0.504 e. The van der Waals surface area contributed by atoms with Gasteiger partial charge in [-0.3, -0.25) is 4.72 Å². The number of sulfonamides is 1. The molecule has 0 amide bonds. The van der Waals surface area contributed by atoms with Crippen molar-refractivity contribution in [1.82, 2.24) is 0 Å². The van der Waals surface area contributed by atoms with Crippen LogP contribution in [-0.4, -0.2) is 20.6 Å². The molecule has 0 aliphatic rings. The fourth-order valence-electron chi connectivity index (χ4n) is 1.71. The van der Waals surface area contributed by atoms with Crippen molar-refractivity contribution >= 4 is 15.7 Å². The predicted molar refractivity (Wildman–Crippen MR) is 71.7 cm³/mol. The standard InChI is InChI=1S/C13H9F4NO4S/c1-22-9-3-2-6(4-8(9)19)18-23(20,21)10-5-7(14)11(15)13(17)12(10)16/h2-5,18-19H,1H3. The molecule has 0 aliphatic heterocycles. The quantitative estimate of drug-likeness (QED) is 0.505. The summed E-state index contributed by atoms with van der Waals surface area (Å²) >= 11 is 0. The number of methoxy groups -OCH3 is 1. The number of hydrogen-bond donors (Lipinski definition) is 2. The molecule has 5 nitrogen and oxygen atoms in total. The highest BCUT2D eigenvalue weighted by Crippen LogP contribution is 2.30. The minimum atomic E-state index is -4.77. The summed E-state index contributed by atoms with van der Waals surface area (Å²) in [4.78, 5) is -1.41. The van der Waals surface area contributed by atoms with E-state index in [0.29, 0.717) is 0 Å². The van der Waals surface area contributed by atoms with Gasteiger partial charge in [0.25, 0.3) is 10.0 Å². The lowest BCUT2D eigenvalue weighted by Crippen LogP contribution is -2.16. The lowest BCUT2D eigenvalue weighted by molar-refractivity contribution is 0.373. The van der Waals surface area contributed by atoms with E-state index in [-0.39, 0.29) is 17.5 Å². The zero-order valence-corrected chi connectivity index (χ0v) is 12.2. The van der Waals surface area contributed by atoms with Crippen LogP contribution in [0.1, 0.15) is 0 Å². The molecule has 0 bridgehead atoms. The van der Waals surface area contributed by atoms with E-state index in [9.17, 15) is 31.1 Å². The highest BCUT2D eigenvalue weighted by Gasteiger charge is 2.27. The van der Waals surface area contributed by atoms with E-state index in [2.05, 4.69) is 0 Å². The molecule has 124 valence electrons. The third kappa shape index (κ3) is 3.16. The fraction of sp³-hybridized carbons (Fsp3) is 0.0769. The number of nitrogens with one attached hydrogen (secondary N) is 1. The number of benzene rings is 2. The number of phenolic OH excluding ortho intramolecular Hbond substituents is 1. The zero-order valence-electron chi connectivity index (χ0n) is 11.4. The molecule has 10 heteroatoms.